The minimum absolute atomic E-state index is 0.778. The number of nitrogens with one attached hydrogen (secondary N) is 1. The lowest BCUT2D eigenvalue weighted by atomic mass is 10.1. The fourth-order valence-corrected chi connectivity index (χ4v) is 2.55. The average Bonchev–Trinajstić information content (AvgIpc) is 2.53. The Morgan fingerprint density at radius 3 is 2.62 bits per heavy atom. The molecule has 0 aliphatic rings. The fourth-order valence-electron chi connectivity index (χ4n) is 2.43. The second kappa shape index (κ2) is 6.70. The molecular weight excluding hydrogens is 280 g/mol. The first-order chi connectivity index (χ1) is 10.3. The molecule has 0 saturated heterocycles. The van der Waals surface area contributed by atoms with Crippen molar-refractivity contribution in [3.63, 3.8) is 0 Å². The lowest BCUT2D eigenvalue weighted by Crippen LogP contribution is -2.16. The molecule has 0 atom stereocenters. The molecule has 21 heavy (non-hydrogen) atoms. The van der Waals surface area contributed by atoms with E-state index in [1.807, 2.05) is 24.4 Å². The van der Waals surface area contributed by atoms with Gasteiger partial charge in [-0.25, -0.2) is 0 Å². The number of hydrogen-bond acceptors (Lipinski definition) is 2. The van der Waals surface area contributed by atoms with Crippen LogP contribution in [0, 0.1) is 0 Å². The zero-order valence-electron chi connectivity index (χ0n) is 11.7. The molecule has 1 aromatic heterocycles. The van der Waals surface area contributed by atoms with Crippen molar-refractivity contribution >= 4 is 22.5 Å². The van der Waals surface area contributed by atoms with Gasteiger partial charge in [0.1, 0.15) is 0 Å². The molecule has 0 bridgehead atoms. The highest BCUT2D eigenvalue weighted by molar-refractivity contribution is 6.30. The predicted octanol–water partition coefficient (Wildman–Crippen LogP) is 4.22. The van der Waals surface area contributed by atoms with Crippen LogP contribution < -0.4 is 5.32 Å². The summed E-state index contributed by atoms with van der Waals surface area (Å²) in [6.07, 6.45) is 2.83. The van der Waals surface area contributed by atoms with E-state index in [2.05, 4.69) is 46.7 Å². The Morgan fingerprint density at radius 2 is 1.76 bits per heavy atom. The minimum atomic E-state index is 0.778. The van der Waals surface area contributed by atoms with Gasteiger partial charge < -0.3 is 5.32 Å². The molecule has 0 radical (unpaired) electrons. The van der Waals surface area contributed by atoms with Crippen molar-refractivity contribution in [1.29, 1.82) is 0 Å². The molecule has 3 rings (SSSR count). The van der Waals surface area contributed by atoms with Crippen LogP contribution in [0.15, 0.2) is 60.8 Å². The van der Waals surface area contributed by atoms with E-state index in [-0.39, 0.29) is 0 Å². The maximum absolute atomic E-state index is 5.88. The number of para-hydroxylation sites is 1. The highest BCUT2D eigenvalue weighted by Gasteiger charge is 2.01. The summed E-state index contributed by atoms with van der Waals surface area (Å²) in [7, 11) is 0. The van der Waals surface area contributed by atoms with E-state index in [9.17, 15) is 0 Å². The normalized spacial score (nSPS) is 10.9. The Kier molecular flexibility index (Phi) is 4.49. The van der Waals surface area contributed by atoms with E-state index < -0.39 is 0 Å². The van der Waals surface area contributed by atoms with Crippen LogP contribution in [0.3, 0.4) is 0 Å². The molecule has 1 N–H and O–H groups in total. The van der Waals surface area contributed by atoms with Crippen LogP contribution in [0.5, 0.6) is 0 Å². The second-order valence-electron chi connectivity index (χ2n) is 5.05. The molecule has 106 valence electrons. The van der Waals surface area contributed by atoms with Crippen LogP contribution in [0.25, 0.3) is 10.9 Å². The van der Waals surface area contributed by atoms with Gasteiger partial charge in [-0.1, -0.05) is 48.0 Å². The van der Waals surface area contributed by atoms with Gasteiger partial charge in [0.25, 0.3) is 0 Å². The van der Waals surface area contributed by atoms with Crippen molar-refractivity contribution in [1.82, 2.24) is 10.3 Å². The Morgan fingerprint density at radius 1 is 0.952 bits per heavy atom. The fraction of sp³-hybridized carbons (Fsp3) is 0.167. The van der Waals surface area contributed by atoms with Gasteiger partial charge >= 0.3 is 0 Å². The number of aromatic nitrogens is 1. The van der Waals surface area contributed by atoms with Crippen LogP contribution in [0.4, 0.5) is 0 Å². The van der Waals surface area contributed by atoms with E-state index in [1.54, 1.807) is 0 Å². The van der Waals surface area contributed by atoms with Crippen molar-refractivity contribution in [2.45, 2.75) is 13.0 Å². The van der Waals surface area contributed by atoms with Crippen molar-refractivity contribution in [2.24, 2.45) is 0 Å². The summed E-state index contributed by atoms with van der Waals surface area (Å²) in [5.74, 6) is 0. The maximum atomic E-state index is 5.88. The quantitative estimate of drug-likeness (QED) is 0.713. The summed E-state index contributed by atoms with van der Waals surface area (Å²) in [5, 5.41) is 5.44. The van der Waals surface area contributed by atoms with Gasteiger partial charge in [0.2, 0.25) is 0 Å². The van der Waals surface area contributed by atoms with Gasteiger partial charge in [-0.2, -0.15) is 0 Å². The summed E-state index contributed by atoms with van der Waals surface area (Å²) in [6, 6.07) is 18.4. The Labute approximate surface area is 129 Å². The van der Waals surface area contributed by atoms with E-state index in [0.717, 1.165) is 30.0 Å². The lowest BCUT2D eigenvalue weighted by molar-refractivity contribution is 0.688. The maximum Gasteiger partial charge on any atom is 0.0734 e. The van der Waals surface area contributed by atoms with Crippen molar-refractivity contribution < 1.29 is 0 Å². The SMILES string of the molecule is Clc1ccc(CNCCc2cccc3cccnc23)cc1. The average molecular weight is 297 g/mol. The summed E-state index contributed by atoms with van der Waals surface area (Å²) >= 11 is 5.88. The number of nitrogens with zero attached hydrogens (tertiary/aromatic N) is 1. The molecule has 0 amide bonds. The van der Waals surface area contributed by atoms with Gasteiger partial charge in [-0.15, -0.1) is 0 Å². The summed E-state index contributed by atoms with van der Waals surface area (Å²) < 4.78 is 0. The first-order valence-corrected chi connectivity index (χ1v) is 7.48. The van der Waals surface area contributed by atoms with Crippen molar-refractivity contribution in [3.8, 4) is 0 Å². The third-order valence-corrected chi connectivity index (χ3v) is 3.78. The van der Waals surface area contributed by atoms with Gasteiger partial charge in [0.05, 0.1) is 5.52 Å². The topological polar surface area (TPSA) is 24.9 Å². The van der Waals surface area contributed by atoms with E-state index in [0.29, 0.717) is 0 Å². The molecule has 0 spiro atoms. The zero-order chi connectivity index (χ0) is 14.5. The smallest absolute Gasteiger partial charge is 0.0734 e. The second-order valence-corrected chi connectivity index (χ2v) is 5.48. The number of halogens is 1. The highest BCUT2D eigenvalue weighted by Crippen LogP contribution is 2.16. The first-order valence-electron chi connectivity index (χ1n) is 7.11. The molecule has 0 saturated carbocycles. The summed E-state index contributed by atoms with van der Waals surface area (Å²) in [5.41, 5.74) is 3.64. The molecule has 0 aliphatic carbocycles. The van der Waals surface area contributed by atoms with Crippen molar-refractivity contribution in [3.05, 3.63) is 76.9 Å². The molecule has 2 nitrogen and oxygen atoms in total. The molecule has 0 unspecified atom stereocenters. The van der Waals surface area contributed by atoms with Gasteiger partial charge in [0, 0.05) is 23.2 Å². The van der Waals surface area contributed by atoms with Crippen molar-refractivity contribution in [2.75, 3.05) is 6.54 Å². The molecule has 0 aliphatic heterocycles. The Bertz CT molecular complexity index is 717. The highest BCUT2D eigenvalue weighted by atomic mass is 35.5. The number of benzene rings is 2. The van der Waals surface area contributed by atoms with Crippen LogP contribution in [0.2, 0.25) is 5.02 Å². The molecule has 3 aromatic rings. The molecular formula is C18H17ClN2. The van der Waals surface area contributed by atoms with E-state index in [4.69, 9.17) is 11.6 Å². The number of hydrogen-bond donors (Lipinski definition) is 1. The Balaban J connectivity index is 1.58. The third kappa shape index (κ3) is 3.60. The molecule has 0 fully saturated rings. The van der Waals surface area contributed by atoms with Gasteiger partial charge in [0.15, 0.2) is 0 Å². The lowest BCUT2D eigenvalue weighted by Gasteiger charge is -2.07. The van der Waals surface area contributed by atoms with Gasteiger partial charge in [-0.05, 0) is 42.3 Å². The van der Waals surface area contributed by atoms with Crippen LogP contribution in [-0.4, -0.2) is 11.5 Å². The number of pyridine rings is 1. The summed E-state index contributed by atoms with van der Waals surface area (Å²) in [4.78, 5) is 4.49. The van der Waals surface area contributed by atoms with Gasteiger partial charge in [-0.3, -0.25) is 4.98 Å². The third-order valence-electron chi connectivity index (χ3n) is 3.53. The van der Waals surface area contributed by atoms with E-state index >= 15 is 0 Å². The van der Waals surface area contributed by atoms with Crippen LogP contribution >= 0.6 is 11.6 Å². The predicted molar refractivity (Wildman–Crippen MR) is 88.6 cm³/mol. The molecule has 2 aromatic carbocycles. The summed E-state index contributed by atoms with van der Waals surface area (Å²) in [6.45, 7) is 1.79. The first kappa shape index (κ1) is 14.1. The van der Waals surface area contributed by atoms with Crippen LogP contribution in [-0.2, 0) is 13.0 Å². The minimum Gasteiger partial charge on any atom is -0.312 e. The molecule has 1 heterocycles. The van der Waals surface area contributed by atoms with Crippen LogP contribution in [0.1, 0.15) is 11.1 Å². The Hall–Kier alpha value is -1.90. The van der Waals surface area contributed by atoms with E-state index in [1.165, 1.54) is 16.5 Å². The zero-order valence-corrected chi connectivity index (χ0v) is 12.5. The number of fused-ring (bicyclic) bond motifs is 1. The monoisotopic (exact) mass is 296 g/mol. The number of rotatable bonds is 5. The largest absolute Gasteiger partial charge is 0.312 e. The standard InChI is InChI=1S/C18H17ClN2/c19-17-8-6-14(7-9-17)13-20-12-10-16-4-1-3-15-5-2-11-21-18(15)16/h1-9,11,20H,10,12-13H2. The molecule has 3 heteroatoms.